The molecule has 1 aliphatic heterocycles. The lowest BCUT2D eigenvalue weighted by atomic mass is 10.0. The Morgan fingerprint density at radius 1 is 1.40 bits per heavy atom. The van der Waals surface area contributed by atoms with Crippen LogP contribution in [-0.4, -0.2) is 57.5 Å². The van der Waals surface area contributed by atoms with Crippen LogP contribution < -0.4 is 10.2 Å². The molecule has 9 nitrogen and oxygen atoms in total. The predicted molar refractivity (Wildman–Crippen MR) is 113 cm³/mol. The third-order valence-electron chi connectivity index (χ3n) is 5.13. The van der Waals surface area contributed by atoms with E-state index in [0.29, 0.717) is 32.2 Å². The minimum Gasteiger partial charge on any atom is -0.387 e. The summed E-state index contributed by atoms with van der Waals surface area (Å²) in [7, 11) is 0. The maximum absolute atomic E-state index is 11.3. The lowest BCUT2D eigenvalue weighted by Crippen LogP contribution is -2.39. The van der Waals surface area contributed by atoms with Gasteiger partial charge in [0.1, 0.15) is 12.7 Å². The van der Waals surface area contributed by atoms with Crippen LogP contribution in [0.15, 0.2) is 36.7 Å². The van der Waals surface area contributed by atoms with Crippen molar-refractivity contribution in [3.8, 4) is 0 Å². The van der Waals surface area contributed by atoms with E-state index in [4.69, 9.17) is 14.8 Å². The maximum atomic E-state index is 11.3. The van der Waals surface area contributed by atoms with Gasteiger partial charge in [0, 0.05) is 16.8 Å². The first-order valence-electron chi connectivity index (χ1n) is 9.63. The second-order valence-electron chi connectivity index (χ2n) is 7.05. The number of nitrogens with one attached hydrogen (secondary N) is 2. The van der Waals surface area contributed by atoms with E-state index in [2.05, 4.69) is 31.5 Å². The molecule has 0 saturated carbocycles. The van der Waals surface area contributed by atoms with Crippen molar-refractivity contribution in [2.45, 2.75) is 12.6 Å². The van der Waals surface area contributed by atoms with Crippen LogP contribution in [0.4, 0.5) is 5.95 Å². The number of thiophene rings is 1. The van der Waals surface area contributed by atoms with E-state index in [1.54, 1.807) is 0 Å². The first kappa shape index (κ1) is 18.9. The SMILES string of the molecule is O=C(CO)NCc1cc2nc(N3CCOC(c4cccc5[nH]ncc45)C3)ncc2s1. The summed E-state index contributed by atoms with van der Waals surface area (Å²) in [5.74, 6) is 0.269. The largest absolute Gasteiger partial charge is 0.387 e. The van der Waals surface area contributed by atoms with Gasteiger partial charge in [-0.15, -0.1) is 11.3 Å². The van der Waals surface area contributed by atoms with Crippen LogP contribution in [-0.2, 0) is 16.1 Å². The summed E-state index contributed by atoms with van der Waals surface area (Å²) < 4.78 is 7.01. The number of nitrogens with zero attached hydrogens (tertiary/aromatic N) is 4. The average Bonchev–Trinajstić information content (AvgIpc) is 3.43. The Hall–Kier alpha value is -3.08. The first-order chi connectivity index (χ1) is 14.7. The van der Waals surface area contributed by atoms with Crippen molar-refractivity contribution in [1.82, 2.24) is 25.5 Å². The third-order valence-corrected chi connectivity index (χ3v) is 6.19. The van der Waals surface area contributed by atoms with Crippen LogP contribution >= 0.6 is 11.3 Å². The zero-order valence-corrected chi connectivity index (χ0v) is 16.9. The van der Waals surface area contributed by atoms with E-state index >= 15 is 0 Å². The molecule has 5 rings (SSSR count). The predicted octanol–water partition coefficient (Wildman–Crippen LogP) is 1.75. The smallest absolute Gasteiger partial charge is 0.246 e. The molecule has 1 fully saturated rings. The molecule has 0 bridgehead atoms. The molecule has 30 heavy (non-hydrogen) atoms. The average molecular weight is 424 g/mol. The molecule has 1 saturated heterocycles. The van der Waals surface area contributed by atoms with Gasteiger partial charge in [-0.1, -0.05) is 12.1 Å². The maximum Gasteiger partial charge on any atom is 0.246 e. The molecule has 1 unspecified atom stereocenters. The molecule has 1 atom stereocenters. The molecule has 0 spiro atoms. The van der Waals surface area contributed by atoms with E-state index in [1.165, 1.54) is 11.3 Å². The Morgan fingerprint density at radius 2 is 2.33 bits per heavy atom. The van der Waals surface area contributed by atoms with E-state index in [-0.39, 0.29) is 6.10 Å². The number of morpholine rings is 1. The number of hydrogen-bond donors (Lipinski definition) is 3. The fraction of sp³-hybridized carbons (Fsp3) is 0.300. The van der Waals surface area contributed by atoms with E-state index in [9.17, 15) is 4.79 Å². The van der Waals surface area contributed by atoms with Crippen LogP contribution in [0, 0.1) is 0 Å². The molecule has 0 aliphatic carbocycles. The van der Waals surface area contributed by atoms with Gasteiger partial charge in [0.05, 0.1) is 47.8 Å². The Morgan fingerprint density at radius 3 is 3.23 bits per heavy atom. The fourth-order valence-corrected chi connectivity index (χ4v) is 4.56. The number of carbonyl (C=O) groups is 1. The monoisotopic (exact) mass is 424 g/mol. The summed E-state index contributed by atoms with van der Waals surface area (Å²) in [5, 5.41) is 19.7. The van der Waals surface area contributed by atoms with Gasteiger partial charge in [0.25, 0.3) is 0 Å². The highest BCUT2D eigenvalue weighted by Crippen LogP contribution is 2.30. The summed E-state index contributed by atoms with van der Waals surface area (Å²) >= 11 is 1.53. The minimum absolute atomic E-state index is 0.0916. The van der Waals surface area contributed by atoms with Gasteiger partial charge >= 0.3 is 0 Å². The van der Waals surface area contributed by atoms with Gasteiger partial charge in [-0.2, -0.15) is 5.10 Å². The highest BCUT2D eigenvalue weighted by molar-refractivity contribution is 7.18. The van der Waals surface area contributed by atoms with Crippen LogP contribution in [0.1, 0.15) is 16.5 Å². The summed E-state index contributed by atoms with van der Waals surface area (Å²) in [4.78, 5) is 23.7. The lowest BCUT2D eigenvalue weighted by molar-refractivity contribution is -0.123. The molecular formula is C20H20N6O3S. The zero-order valence-electron chi connectivity index (χ0n) is 16.0. The number of anilines is 1. The Kier molecular flexibility index (Phi) is 5.03. The van der Waals surface area contributed by atoms with Gasteiger partial charge in [-0.3, -0.25) is 9.89 Å². The summed E-state index contributed by atoms with van der Waals surface area (Å²) in [6.45, 7) is 1.80. The highest BCUT2D eigenvalue weighted by Gasteiger charge is 2.25. The molecule has 3 aromatic heterocycles. The number of ether oxygens (including phenoxy) is 1. The van der Waals surface area contributed by atoms with Crippen molar-refractivity contribution in [1.29, 1.82) is 0 Å². The molecule has 154 valence electrons. The van der Waals surface area contributed by atoms with E-state index in [0.717, 1.165) is 31.6 Å². The molecule has 4 aromatic rings. The van der Waals surface area contributed by atoms with E-state index in [1.807, 2.05) is 30.6 Å². The Bertz CT molecular complexity index is 1210. The number of fused-ring (bicyclic) bond motifs is 2. The van der Waals surface area contributed by atoms with Crippen molar-refractivity contribution >= 4 is 44.3 Å². The number of aliphatic hydroxyl groups is 1. The number of aromatic nitrogens is 4. The summed E-state index contributed by atoms with van der Waals surface area (Å²) in [6.07, 6.45) is 3.56. The van der Waals surface area contributed by atoms with Gasteiger partial charge in [0.15, 0.2) is 0 Å². The lowest BCUT2D eigenvalue weighted by Gasteiger charge is -2.33. The Labute approximate surface area is 175 Å². The van der Waals surface area contributed by atoms with Gasteiger partial charge in [-0.25, -0.2) is 9.97 Å². The number of hydrogen-bond acceptors (Lipinski definition) is 8. The van der Waals surface area contributed by atoms with Crippen molar-refractivity contribution in [2.24, 2.45) is 0 Å². The number of H-pyrrole nitrogens is 1. The molecule has 1 aromatic carbocycles. The Balaban J connectivity index is 1.37. The fourth-order valence-electron chi connectivity index (χ4n) is 3.65. The molecule has 0 radical (unpaired) electrons. The van der Waals surface area contributed by atoms with Gasteiger partial charge in [-0.05, 0) is 17.7 Å². The minimum atomic E-state index is -0.514. The van der Waals surface area contributed by atoms with Gasteiger partial charge < -0.3 is 20.1 Å². The van der Waals surface area contributed by atoms with Crippen LogP contribution in [0.2, 0.25) is 0 Å². The summed E-state index contributed by atoms with van der Waals surface area (Å²) in [5.41, 5.74) is 2.94. The second-order valence-corrected chi connectivity index (χ2v) is 8.22. The number of aromatic amines is 1. The quantitative estimate of drug-likeness (QED) is 0.447. The number of carbonyl (C=O) groups excluding carboxylic acids is 1. The molecular weight excluding hydrogens is 404 g/mol. The first-order valence-corrected chi connectivity index (χ1v) is 10.4. The van der Waals surface area contributed by atoms with Crippen LogP contribution in [0.5, 0.6) is 0 Å². The molecule has 1 amide bonds. The number of aliphatic hydroxyl groups excluding tert-OH is 1. The van der Waals surface area contributed by atoms with Crippen molar-refractivity contribution < 1.29 is 14.6 Å². The second kappa shape index (κ2) is 7.98. The van der Waals surface area contributed by atoms with Gasteiger partial charge in [0.2, 0.25) is 11.9 Å². The van der Waals surface area contributed by atoms with Crippen molar-refractivity contribution in [3.63, 3.8) is 0 Å². The van der Waals surface area contributed by atoms with Crippen molar-refractivity contribution in [3.05, 3.63) is 47.1 Å². The normalized spacial score (nSPS) is 17.0. The molecule has 1 aliphatic rings. The molecule has 10 heteroatoms. The zero-order chi connectivity index (χ0) is 20.5. The highest BCUT2D eigenvalue weighted by atomic mass is 32.1. The van der Waals surface area contributed by atoms with Crippen LogP contribution in [0.3, 0.4) is 0 Å². The molecule has 3 N–H and O–H groups in total. The standard InChI is InChI=1S/C20H20N6O3S/c27-11-19(28)21-7-12-6-16-18(30-12)9-22-20(24-16)26-4-5-29-17(10-26)13-2-1-3-15-14(13)8-23-25-15/h1-3,6,8-9,17,27H,4-5,7,10-11H2,(H,21,28)(H,23,25). The summed E-state index contributed by atoms with van der Waals surface area (Å²) in [6, 6.07) is 8.03. The molecule has 4 heterocycles. The number of rotatable bonds is 5. The third kappa shape index (κ3) is 3.60. The number of benzene rings is 1. The number of amides is 1. The van der Waals surface area contributed by atoms with E-state index < -0.39 is 12.5 Å². The van der Waals surface area contributed by atoms with Crippen molar-refractivity contribution in [2.75, 3.05) is 31.2 Å². The topological polar surface area (TPSA) is 116 Å². The van der Waals surface area contributed by atoms with Crippen LogP contribution in [0.25, 0.3) is 21.1 Å².